The lowest BCUT2D eigenvalue weighted by Gasteiger charge is -2.42. The number of aryl methyl sites for hydroxylation is 1. The molecule has 0 radical (unpaired) electrons. The van der Waals surface area contributed by atoms with Gasteiger partial charge < -0.3 is 20.1 Å². The molecule has 1 aliphatic rings. The van der Waals surface area contributed by atoms with E-state index in [4.69, 9.17) is 15.2 Å². The molecule has 6 nitrogen and oxygen atoms in total. The molecule has 2 aromatic rings. The van der Waals surface area contributed by atoms with Gasteiger partial charge in [0.1, 0.15) is 23.8 Å². The molecule has 148 valence electrons. The van der Waals surface area contributed by atoms with E-state index in [0.717, 1.165) is 5.56 Å². The number of carbonyl (C=O) groups excluding carboxylic acids is 2. The van der Waals surface area contributed by atoms with E-state index < -0.39 is 11.5 Å². The molecule has 1 aliphatic heterocycles. The third-order valence-corrected chi connectivity index (χ3v) is 4.61. The summed E-state index contributed by atoms with van der Waals surface area (Å²) in [6.07, 6.45) is -0.0915. The Morgan fingerprint density at radius 2 is 2.00 bits per heavy atom. The summed E-state index contributed by atoms with van der Waals surface area (Å²) in [5, 5.41) is 0. The van der Waals surface area contributed by atoms with Crippen molar-refractivity contribution in [3.05, 3.63) is 65.5 Å². The molecule has 0 spiro atoms. The van der Waals surface area contributed by atoms with E-state index >= 15 is 0 Å². The maximum absolute atomic E-state index is 13.1. The third kappa shape index (κ3) is 4.86. The van der Waals surface area contributed by atoms with Gasteiger partial charge in [0, 0.05) is 12.1 Å². The number of amides is 2. The van der Waals surface area contributed by atoms with Gasteiger partial charge in [-0.15, -0.1) is 0 Å². The Labute approximate surface area is 163 Å². The summed E-state index contributed by atoms with van der Waals surface area (Å²) in [4.78, 5) is 26.2. The fourth-order valence-corrected chi connectivity index (χ4v) is 3.29. The smallest absolute Gasteiger partial charge is 0.254 e. The minimum Gasteiger partial charge on any atom is -0.490 e. The number of hydrogen-bond donors (Lipinski definition) is 1. The molecule has 0 bridgehead atoms. The van der Waals surface area contributed by atoms with E-state index in [0.29, 0.717) is 17.9 Å². The van der Waals surface area contributed by atoms with E-state index in [-0.39, 0.29) is 37.9 Å². The molecule has 7 heteroatoms. The molecular formula is C21H23FN2O4. The lowest BCUT2D eigenvalue weighted by atomic mass is 9.96. The minimum absolute atomic E-state index is 0.0131. The third-order valence-electron chi connectivity index (χ3n) is 4.61. The second-order valence-corrected chi connectivity index (χ2v) is 7.01. The van der Waals surface area contributed by atoms with Crippen LogP contribution in [0.25, 0.3) is 0 Å². The summed E-state index contributed by atoms with van der Waals surface area (Å²) in [6, 6.07) is 12.9. The van der Waals surface area contributed by atoms with Crippen LogP contribution in [0, 0.1) is 12.7 Å². The van der Waals surface area contributed by atoms with Gasteiger partial charge in [0.05, 0.1) is 19.6 Å². The van der Waals surface area contributed by atoms with Crippen LogP contribution in [0.3, 0.4) is 0 Å². The van der Waals surface area contributed by atoms with Crippen LogP contribution in [0.15, 0.2) is 48.5 Å². The highest BCUT2D eigenvalue weighted by Gasteiger charge is 2.41. The first-order chi connectivity index (χ1) is 13.4. The molecule has 1 fully saturated rings. The topological polar surface area (TPSA) is 81.9 Å². The maximum atomic E-state index is 13.1. The average Bonchev–Trinajstić information content (AvgIpc) is 2.67. The van der Waals surface area contributed by atoms with Gasteiger partial charge in [-0.3, -0.25) is 9.59 Å². The van der Waals surface area contributed by atoms with Crippen molar-refractivity contribution in [2.75, 3.05) is 26.3 Å². The van der Waals surface area contributed by atoms with Crippen molar-refractivity contribution in [1.29, 1.82) is 0 Å². The summed E-state index contributed by atoms with van der Waals surface area (Å²) < 4.78 is 24.7. The first kappa shape index (κ1) is 19.8. The molecule has 1 saturated heterocycles. The van der Waals surface area contributed by atoms with Crippen molar-refractivity contribution >= 4 is 11.8 Å². The Hall–Kier alpha value is -2.93. The Balaban J connectivity index is 1.76. The highest BCUT2D eigenvalue weighted by atomic mass is 19.1. The van der Waals surface area contributed by atoms with Gasteiger partial charge in [0.15, 0.2) is 0 Å². The quantitative estimate of drug-likeness (QED) is 0.826. The van der Waals surface area contributed by atoms with Crippen LogP contribution in [0.2, 0.25) is 0 Å². The van der Waals surface area contributed by atoms with Crippen molar-refractivity contribution in [2.24, 2.45) is 5.73 Å². The Morgan fingerprint density at radius 1 is 1.25 bits per heavy atom. The molecule has 28 heavy (non-hydrogen) atoms. The number of morpholine rings is 1. The van der Waals surface area contributed by atoms with Crippen LogP contribution in [0.4, 0.5) is 4.39 Å². The molecule has 1 heterocycles. The van der Waals surface area contributed by atoms with Crippen molar-refractivity contribution < 1.29 is 23.5 Å². The Morgan fingerprint density at radius 3 is 2.68 bits per heavy atom. The van der Waals surface area contributed by atoms with Gasteiger partial charge in [-0.2, -0.15) is 0 Å². The van der Waals surface area contributed by atoms with E-state index in [1.165, 1.54) is 24.3 Å². The highest BCUT2D eigenvalue weighted by Crippen LogP contribution is 2.25. The van der Waals surface area contributed by atoms with Crippen LogP contribution in [-0.4, -0.2) is 48.6 Å². The second kappa shape index (κ2) is 8.39. The van der Waals surface area contributed by atoms with Crippen LogP contribution < -0.4 is 10.5 Å². The fraction of sp³-hybridized carbons (Fsp3) is 0.333. The van der Waals surface area contributed by atoms with Crippen molar-refractivity contribution in [2.45, 2.75) is 18.9 Å². The lowest BCUT2D eigenvalue weighted by molar-refractivity contribution is -0.142. The van der Waals surface area contributed by atoms with Crippen LogP contribution in [-0.2, 0) is 9.53 Å². The standard InChI is InChI=1S/C21H23FN2O4/c1-15-3-2-4-16(11-15)20(26)24-9-10-28-21(13-24,12-19(23)25)14-27-18-7-5-17(22)6-8-18/h2-8,11H,9-10,12-14H2,1H3,(H2,23,25)/t21-/m0/s1. The molecule has 1 atom stereocenters. The molecule has 0 saturated carbocycles. The second-order valence-electron chi connectivity index (χ2n) is 7.01. The molecule has 2 amide bonds. The molecule has 0 aromatic heterocycles. The maximum Gasteiger partial charge on any atom is 0.254 e. The van der Waals surface area contributed by atoms with E-state index in [1.54, 1.807) is 11.0 Å². The Bertz CT molecular complexity index is 856. The van der Waals surface area contributed by atoms with Gasteiger partial charge in [0.2, 0.25) is 5.91 Å². The number of benzene rings is 2. The number of rotatable bonds is 6. The number of ether oxygens (including phenoxy) is 2. The fourth-order valence-electron chi connectivity index (χ4n) is 3.29. The summed E-state index contributed by atoms with van der Waals surface area (Å²) in [5.74, 6) is -0.616. The number of primary amides is 1. The normalized spacial score (nSPS) is 19.3. The summed E-state index contributed by atoms with van der Waals surface area (Å²) in [5.41, 5.74) is 5.93. The van der Waals surface area contributed by atoms with Gasteiger partial charge in [0.25, 0.3) is 5.91 Å². The van der Waals surface area contributed by atoms with Crippen LogP contribution >= 0.6 is 0 Å². The van der Waals surface area contributed by atoms with E-state index in [9.17, 15) is 14.0 Å². The molecule has 2 N–H and O–H groups in total. The molecule has 3 rings (SSSR count). The first-order valence-corrected chi connectivity index (χ1v) is 9.03. The SMILES string of the molecule is Cc1cccc(C(=O)N2CCO[C@@](COc3ccc(F)cc3)(CC(N)=O)C2)c1. The highest BCUT2D eigenvalue weighted by molar-refractivity contribution is 5.94. The largest absolute Gasteiger partial charge is 0.490 e. The molecule has 0 unspecified atom stereocenters. The summed E-state index contributed by atoms with van der Waals surface area (Å²) in [6.45, 7) is 2.77. The van der Waals surface area contributed by atoms with Gasteiger partial charge in [-0.1, -0.05) is 17.7 Å². The van der Waals surface area contributed by atoms with Crippen LogP contribution in [0.5, 0.6) is 5.75 Å². The van der Waals surface area contributed by atoms with E-state index in [2.05, 4.69) is 0 Å². The van der Waals surface area contributed by atoms with Crippen molar-refractivity contribution in [3.63, 3.8) is 0 Å². The van der Waals surface area contributed by atoms with Gasteiger partial charge in [-0.05, 0) is 43.3 Å². The number of hydrogen-bond acceptors (Lipinski definition) is 4. The van der Waals surface area contributed by atoms with Gasteiger partial charge >= 0.3 is 0 Å². The predicted molar refractivity (Wildman–Crippen MR) is 101 cm³/mol. The first-order valence-electron chi connectivity index (χ1n) is 9.03. The number of nitrogens with two attached hydrogens (primary N) is 1. The predicted octanol–water partition coefficient (Wildman–Crippen LogP) is 2.30. The summed E-state index contributed by atoms with van der Waals surface area (Å²) >= 11 is 0. The average molecular weight is 386 g/mol. The molecular weight excluding hydrogens is 363 g/mol. The Kier molecular flexibility index (Phi) is 5.94. The number of halogens is 1. The van der Waals surface area contributed by atoms with Gasteiger partial charge in [-0.25, -0.2) is 4.39 Å². The minimum atomic E-state index is -1.06. The summed E-state index contributed by atoms with van der Waals surface area (Å²) in [7, 11) is 0. The van der Waals surface area contributed by atoms with Crippen molar-refractivity contribution in [1.82, 2.24) is 4.90 Å². The van der Waals surface area contributed by atoms with E-state index in [1.807, 2.05) is 25.1 Å². The monoisotopic (exact) mass is 386 g/mol. The zero-order valence-electron chi connectivity index (χ0n) is 15.7. The number of carbonyl (C=O) groups is 2. The van der Waals surface area contributed by atoms with Crippen LogP contribution in [0.1, 0.15) is 22.3 Å². The molecule has 2 aromatic carbocycles. The van der Waals surface area contributed by atoms with Crippen molar-refractivity contribution in [3.8, 4) is 5.75 Å². The number of nitrogens with zero attached hydrogens (tertiary/aromatic N) is 1. The lowest BCUT2D eigenvalue weighted by Crippen LogP contribution is -2.58. The zero-order chi connectivity index (χ0) is 20.1. The molecule has 0 aliphatic carbocycles. The zero-order valence-corrected chi connectivity index (χ0v) is 15.7.